The van der Waals surface area contributed by atoms with Gasteiger partial charge in [-0.3, -0.25) is 19.2 Å². The quantitative estimate of drug-likeness (QED) is 0.134. The molecule has 14 nitrogen and oxygen atoms in total. The number of carboxylic acid groups (broad SMARTS) is 2. The number of nitrogens with zero attached hydrogens (tertiary/aromatic N) is 1. The smallest absolute Gasteiger partial charge is 0.328 e. The van der Waals surface area contributed by atoms with Crippen molar-refractivity contribution in [2.75, 3.05) is 0 Å². The molecule has 0 fully saturated rings. The van der Waals surface area contributed by atoms with Crippen molar-refractivity contribution in [1.82, 2.24) is 25.9 Å². The van der Waals surface area contributed by atoms with Crippen molar-refractivity contribution in [1.29, 1.82) is 0 Å². The summed E-state index contributed by atoms with van der Waals surface area (Å²) in [5.41, 5.74) is 6.21. The van der Waals surface area contributed by atoms with Crippen LogP contribution >= 0.6 is 0 Å². The fourth-order valence-electron chi connectivity index (χ4n) is 3.10. The number of aromatic amines is 1. The number of carbonyl (C=O) groups is 5. The molecule has 0 saturated carbocycles. The summed E-state index contributed by atoms with van der Waals surface area (Å²) < 4.78 is 0. The number of imidazole rings is 1. The number of aliphatic hydroxyl groups is 1. The van der Waals surface area contributed by atoms with Gasteiger partial charge in [0.25, 0.3) is 0 Å². The van der Waals surface area contributed by atoms with Crippen molar-refractivity contribution in [3.05, 3.63) is 18.2 Å². The molecule has 0 aliphatic heterocycles. The zero-order valence-electron chi connectivity index (χ0n) is 19.9. The van der Waals surface area contributed by atoms with E-state index < -0.39 is 59.9 Å². The lowest BCUT2D eigenvalue weighted by atomic mass is 9.96. The molecule has 1 aromatic rings. The molecule has 0 spiro atoms. The van der Waals surface area contributed by atoms with Crippen LogP contribution in [0.1, 0.15) is 45.7 Å². The van der Waals surface area contributed by atoms with Gasteiger partial charge in [-0.15, -0.1) is 0 Å². The Balaban J connectivity index is 3.06. The lowest BCUT2D eigenvalue weighted by Gasteiger charge is -2.28. The number of carbonyl (C=O) groups excluding carboxylic acids is 3. The Morgan fingerprint density at radius 1 is 1.03 bits per heavy atom. The Bertz CT molecular complexity index is 875. The first kappa shape index (κ1) is 29.5. The van der Waals surface area contributed by atoms with Gasteiger partial charge in [-0.25, -0.2) is 9.78 Å². The van der Waals surface area contributed by atoms with Crippen LogP contribution in [0.5, 0.6) is 0 Å². The molecule has 1 aromatic heterocycles. The number of hydrogen-bond acceptors (Lipinski definition) is 8. The molecule has 6 atom stereocenters. The van der Waals surface area contributed by atoms with Gasteiger partial charge >= 0.3 is 11.9 Å². The Hall–Kier alpha value is -3.52. The van der Waals surface area contributed by atoms with Crippen LogP contribution in [0.25, 0.3) is 0 Å². The highest BCUT2D eigenvalue weighted by Crippen LogP contribution is 2.10. The third-order valence-corrected chi connectivity index (χ3v) is 5.46. The second-order valence-electron chi connectivity index (χ2n) is 8.32. The van der Waals surface area contributed by atoms with E-state index in [1.807, 2.05) is 0 Å². The molecule has 0 aromatic carbocycles. The van der Waals surface area contributed by atoms with E-state index in [-0.39, 0.29) is 25.2 Å². The van der Waals surface area contributed by atoms with Gasteiger partial charge in [0.1, 0.15) is 12.1 Å². The van der Waals surface area contributed by atoms with Crippen LogP contribution in [0.3, 0.4) is 0 Å². The Kier molecular flexibility index (Phi) is 11.8. The molecule has 9 N–H and O–H groups in total. The number of rotatable bonds is 15. The van der Waals surface area contributed by atoms with Gasteiger partial charge in [0, 0.05) is 24.7 Å². The molecule has 0 saturated heterocycles. The molecule has 196 valence electrons. The molecular formula is C21H34N6O8. The minimum atomic E-state index is -1.61. The molecule has 1 rings (SSSR count). The number of amides is 3. The van der Waals surface area contributed by atoms with Crippen molar-refractivity contribution in [2.45, 2.75) is 76.7 Å². The molecular weight excluding hydrogens is 464 g/mol. The number of H-pyrrole nitrogens is 1. The normalized spacial score (nSPS) is 16.1. The van der Waals surface area contributed by atoms with Crippen LogP contribution in [-0.4, -0.2) is 85.2 Å². The Morgan fingerprint density at radius 3 is 2.14 bits per heavy atom. The third-order valence-electron chi connectivity index (χ3n) is 5.46. The van der Waals surface area contributed by atoms with E-state index in [2.05, 4.69) is 25.9 Å². The number of nitrogens with one attached hydrogen (secondary N) is 4. The van der Waals surface area contributed by atoms with E-state index >= 15 is 0 Å². The van der Waals surface area contributed by atoms with Crippen LogP contribution in [0.4, 0.5) is 0 Å². The average molecular weight is 499 g/mol. The molecule has 1 heterocycles. The zero-order chi connectivity index (χ0) is 26.7. The highest BCUT2D eigenvalue weighted by Gasteiger charge is 2.33. The topological polar surface area (TPSA) is 237 Å². The maximum absolute atomic E-state index is 13.1. The van der Waals surface area contributed by atoms with Crippen LogP contribution < -0.4 is 21.7 Å². The Labute approximate surface area is 202 Å². The number of hydrogen-bond donors (Lipinski definition) is 8. The van der Waals surface area contributed by atoms with Gasteiger partial charge in [-0.05, 0) is 19.3 Å². The molecule has 35 heavy (non-hydrogen) atoms. The molecule has 0 bridgehead atoms. The van der Waals surface area contributed by atoms with Gasteiger partial charge in [0.05, 0.1) is 18.5 Å². The lowest BCUT2D eigenvalue weighted by Crippen LogP contribution is -2.60. The van der Waals surface area contributed by atoms with E-state index in [0.717, 1.165) is 0 Å². The Morgan fingerprint density at radius 2 is 1.66 bits per heavy atom. The van der Waals surface area contributed by atoms with Gasteiger partial charge < -0.3 is 42.0 Å². The van der Waals surface area contributed by atoms with E-state index in [1.54, 1.807) is 13.8 Å². The highest BCUT2D eigenvalue weighted by atomic mass is 16.4. The number of aliphatic hydroxyl groups excluding tert-OH is 1. The fraction of sp³-hybridized carbons (Fsp3) is 0.619. The number of aromatic nitrogens is 2. The number of nitrogens with two attached hydrogens (primary N) is 1. The first-order valence-electron chi connectivity index (χ1n) is 11.1. The largest absolute Gasteiger partial charge is 0.481 e. The fourth-order valence-corrected chi connectivity index (χ4v) is 3.10. The zero-order valence-corrected chi connectivity index (χ0v) is 19.9. The molecule has 6 unspecified atom stereocenters. The summed E-state index contributed by atoms with van der Waals surface area (Å²) in [7, 11) is 0. The summed E-state index contributed by atoms with van der Waals surface area (Å²) >= 11 is 0. The van der Waals surface area contributed by atoms with Crippen molar-refractivity contribution < 1.29 is 39.3 Å². The van der Waals surface area contributed by atoms with Crippen molar-refractivity contribution in [3.63, 3.8) is 0 Å². The number of aliphatic carboxylic acids is 2. The summed E-state index contributed by atoms with van der Waals surface area (Å²) in [4.78, 5) is 67.2. The monoisotopic (exact) mass is 498 g/mol. The summed E-state index contributed by atoms with van der Waals surface area (Å²) in [6, 6.07) is -5.14. The van der Waals surface area contributed by atoms with E-state index in [9.17, 15) is 34.2 Å². The van der Waals surface area contributed by atoms with E-state index in [0.29, 0.717) is 12.1 Å². The van der Waals surface area contributed by atoms with Gasteiger partial charge in [-0.2, -0.15) is 0 Å². The van der Waals surface area contributed by atoms with Crippen LogP contribution in [0.2, 0.25) is 0 Å². The summed E-state index contributed by atoms with van der Waals surface area (Å²) in [5, 5.41) is 35.0. The van der Waals surface area contributed by atoms with Crippen LogP contribution in [0, 0.1) is 5.92 Å². The number of carboxylic acids is 2. The van der Waals surface area contributed by atoms with Crippen molar-refractivity contribution in [3.8, 4) is 0 Å². The van der Waals surface area contributed by atoms with Gasteiger partial charge in [0.15, 0.2) is 6.04 Å². The second-order valence-corrected chi connectivity index (χ2v) is 8.32. The summed E-state index contributed by atoms with van der Waals surface area (Å²) in [5.74, 6) is -5.27. The van der Waals surface area contributed by atoms with Gasteiger partial charge in [-0.1, -0.05) is 20.3 Å². The van der Waals surface area contributed by atoms with E-state index in [1.165, 1.54) is 19.4 Å². The molecule has 0 aliphatic carbocycles. The standard InChI is InChI=1S/C21H34N6O8/c1-4-10(2)16(26-18(31)13(22)5-6-15(29)30)20(33)25-14(7-12-8-23-9-24-12)19(32)27-17(11(3)28)21(34)35/h8-11,13-14,16-17,28H,4-7,22H2,1-3H3,(H,23,24)(H,25,33)(H,26,31)(H,27,32)(H,29,30)(H,34,35). The first-order chi connectivity index (χ1) is 16.4. The predicted octanol–water partition coefficient (Wildman–Crippen LogP) is -1.89. The third kappa shape index (κ3) is 9.70. The highest BCUT2D eigenvalue weighted by molar-refractivity contribution is 5.94. The molecule has 0 radical (unpaired) electrons. The van der Waals surface area contributed by atoms with E-state index in [4.69, 9.17) is 10.8 Å². The van der Waals surface area contributed by atoms with Gasteiger partial charge in [0.2, 0.25) is 17.7 Å². The van der Waals surface area contributed by atoms with Crippen molar-refractivity contribution in [2.24, 2.45) is 11.7 Å². The molecule has 14 heteroatoms. The predicted molar refractivity (Wildman–Crippen MR) is 122 cm³/mol. The minimum Gasteiger partial charge on any atom is -0.481 e. The maximum atomic E-state index is 13.1. The second kappa shape index (κ2) is 14.0. The molecule has 3 amide bonds. The summed E-state index contributed by atoms with van der Waals surface area (Å²) in [6.07, 6.45) is 1.32. The van der Waals surface area contributed by atoms with Crippen molar-refractivity contribution >= 4 is 29.7 Å². The average Bonchev–Trinajstić information content (AvgIpc) is 3.30. The first-order valence-corrected chi connectivity index (χ1v) is 11.1. The minimum absolute atomic E-state index is 0.0803. The van der Waals surface area contributed by atoms with Crippen LogP contribution in [-0.2, 0) is 30.4 Å². The summed E-state index contributed by atoms with van der Waals surface area (Å²) in [6.45, 7) is 4.69. The lowest BCUT2D eigenvalue weighted by molar-refractivity contribution is -0.145. The maximum Gasteiger partial charge on any atom is 0.328 e. The van der Waals surface area contributed by atoms with Crippen LogP contribution in [0.15, 0.2) is 12.5 Å². The SMILES string of the molecule is CCC(C)C(NC(=O)C(N)CCC(=O)O)C(=O)NC(Cc1cnc[nH]1)C(=O)NC(C(=O)O)C(C)O. The molecule has 0 aliphatic rings.